The summed E-state index contributed by atoms with van der Waals surface area (Å²) in [4.78, 5) is 6.71. The lowest BCUT2D eigenvalue weighted by Crippen LogP contribution is -2.26. The SMILES string of the molecule is COc1ccc(N)c(N2CCCc3cc(C)ccc32)n1. The summed E-state index contributed by atoms with van der Waals surface area (Å²) in [6, 6.07) is 10.2. The average Bonchev–Trinajstić information content (AvgIpc) is 2.47. The number of methoxy groups -OCH3 is 1. The number of nitrogen functional groups attached to an aromatic ring is 1. The highest BCUT2D eigenvalue weighted by Crippen LogP contribution is 2.36. The zero-order chi connectivity index (χ0) is 14.1. The third kappa shape index (κ3) is 2.18. The molecule has 3 rings (SSSR count). The van der Waals surface area contributed by atoms with Crippen molar-refractivity contribution in [2.45, 2.75) is 19.8 Å². The molecule has 20 heavy (non-hydrogen) atoms. The van der Waals surface area contributed by atoms with Crippen LogP contribution >= 0.6 is 0 Å². The number of hydrogen-bond donors (Lipinski definition) is 1. The van der Waals surface area contributed by atoms with Crippen molar-refractivity contribution in [1.82, 2.24) is 4.98 Å². The molecule has 2 heterocycles. The van der Waals surface area contributed by atoms with Crippen LogP contribution in [0.15, 0.2) is 30.3 Å². The van der Waals surface area contributed by atoms with E-state index in [2.05, 4.69) is 35.0 Å². The minimum absolute atomic E-state index is 0.591. The van der Waals surface area contributed by atoms with Gasteiger partial charge in [-0.1, -0.05) is 17.7 Å². The molecule has 0 fully saturated rings. The van der Waals surface area contributed by atoms with E-state index in [9.17, 15) is 0 Å². The van der Waals surface area contributed by atoms with Gasteiger partial charge in [0.05, 0.1) is 12.8 Å². The molecule has 2 N–H and O–H groups in total. The number of hydrogen-bond acceptors (Lipinski definition) is 4. The van der Waals surface area contributed by atoms with Crippen molar-refractivity contribution in [2.24, 2.45) is 0 Å². The van der Waals surface area contributed by atoms with Gasteiger partial charge in [-0.15, -0.1) is 0 Å². The second kappa shape index (κ2) is 5.04. The van der Waals surface area contributed by atoms with Gasteiger partial charge in [0.2, 0.25) is 5.88 Å². The molecular weight excluding hydrogens is 250 g/mol. The highest BCUT2D eigenvalue weighted by Gasteiger charge is 2.21. The van der Waals surface area contributed by atoms with Gasteiger partial charge in [-0.25, -0.2) is 0 Å². The summed E-state index contributed by atoms with van der Waals surface area (Å²) in [5.41, 5.74) is 10.6. The second-order valence-electron chi connectivity index (χ2n) is 5.15. The van der Waals surface area contributed by atoms with Crippen molar-refractivity contribution in [2.75, 3.05) is 24.3 Å². The third-order valence-corrected chi connectivity index (χ3v) is 3.70. The monoisotopic (exact) mass is 269 g/mol. The van der Waals surface area contributed by atoms with Crippen molar-refractivity contribution in [3.63, 3.8) is 0 Å². The minimum Gasteiger partial charge on any atom is -0.481 e. The molecule has 0 saturated heterocycles. The Morgan fingerprint density at radius 1 is 1.25 bits per heavy atom. The quantitative estimate of drug-likeness (QED) is 0.910. The Bertz CT molecular complexity index is 640. The number of anilines is 3. The fourth-order valence-corrected chi connectivity index (χ4v) is 2.72. The van der Waals surface area contributed by atoms with E-state index >= 15 is 0 Å². The van der Waals surface area contributed by atoms with Crippen molar-refractivity contribution < 1.29 is 4.74 Å². The first-order chi connectivity index (χ1) is 9.69. The number of fused-ring (bicyclic) bond motifs is 1. The molecule has 0 atom stereocenters. The molecule has 2 aromatic rings. The second-order valence-corrected chi connectivity index (χ2v) is 5.15. The number of pyridine rings is 1. The molecule has 1 aromatic heterocycles. The first kappa shape index (κ1) is 12.8. The van der Waals surface area contributed by atoms with Crippen LogP contribution in [0.2, 0.25) is 0 Å². The molecule has 1 aliphatic heterocycles. The Hall–Kier alpha value is -2.23. The molecule has 0 aliphatic carbocycles. The summed E-state index contributed by atoms with van der Waals surface area (Å²) >= 11 is 0. The number of rotatable bonds is 2. The fourth-order valence-electron chi connectivity index (χ4n) is 2.72. The van der Waals surface area contributed by atoms with E-state index in [1.165, 1.54) is 16.8 Å². The number of nitrogens with two attached hydrogens (primary N) is 1. The predicted molar refractivity (Wildman–Crippen MR) is 81.7 cm³/mol. The molecular formula is C16H19N3O. The van der Waals surface area contributed by atoms with E-state index in [-0.39, 0.29) is 0 Å². The maximum Gasteiger partial charge on any atom is 0.215 e. The van der Waals surface area contributed by atoms with Crippen LogP contribution in [-0.2, 0) is 6.42 Å². The van der Waals surface area contributed by atoms with Gasteiger partial charge in [0.1, 0.15) is 0 Å². The summed E-state index contributed by atoms with van der Waals surface area (Å²) < 4.78 is 5.21. The van der Waals surface area contributed by atoms with Crippen LogP contribution in [-0.4, -0.2) is 18.6 Å². The lowest BCUT2D eigenvalue weighted by Gasteiger charge is -2.31. The zero-order valence-corrected chi connectivity index (χ0v) is 11.9. The Labute approximate surface area is 119 Å². The number of ether oxygens (including phenoxy) is 1. The predicted octanol–water partition coefficient (Wildman–Crippen LogP) is 3.07. The van der Waals surface area contributed by atoms with E-state index < -0.39 is 0 Å². The molecule has 0 spiro atoms. The van der Waals surface area contributed by atoms with Crippen LogP contribution in [0.4, 0.5) is 17.2 Å². The minimum atomic E-state index is 0.591. The highest BCUT2D eigenvalue weighted by atomic mass is 16.5. The Morgan fingerprint density at radius 2 is 2.10 bits per heavy atom. The summed E-state index contributed by atoms with van der Waals surface area (Å²) in [5, 5.41) is 0. The number of benzene rings is 1. The van der Waals surface area contributed by atoms with Gasteiger partial charge >= 0.3 is 0 Å². The smallest absolute Gasteiger partial charge is 0.215 e. The molecule has 4 heteroatoms. The number of aromatic nitrogens is 1. The van der Waals surface area contributed by atoms with E-state index in [4.69, 9.17) is 10.5 Å². The van der Waals surface area contributed by atoms with E-state index in [0.29, 0.717) is 11.6 Å². The van der Waals surface area contributed by atoms with E-state index in [1.54, 1.807) is 13.2 Å². The van der Waals surface area contributed by atoms with Gasteiger partial charge in [-0.3, -0.25) is 0 Å². The van der Waals surface area contributed by atoms with Crippen LogP contribution in [0.3, 0.4) is 0 Å². The average molecular weight is 269 g/mol. The molecule has 104 valence electrons. The molecule has 0 radical (unpaired) electrons. The number of nitrogens with zero attached hydrogens (tertiary/aromatic N) is 2. The van der Waals surface area contributed by atoms with Crippen LogP contribution < -0.4 is 15.4 Å². The topological polar surface area (TPSA) is 51.4 Å². The molecule has 4 nitrogen and oxygen atoms in total. The lowest BCUT2D eigenvalue weighted by atomic mass is 9.99. The molecule has 0 bridgehead atoms. The molecule has 1 aromatic carbocycles. The van der Waals surface area contributed by atoms with Crippen molar-refractivity contribution in [3.05, 3.63) is 41.5 Å². The van der Waals surface area contributed by atoms with E-state index in [1.807, 2.05) is 6.07 Å². The van der Waals surface area contributed by atoms with Crippen LogP contribution in [0.1, 0.15) is 17.5 Å². The first-order valence-electron chi connectivity index (χ1n) is 6.86. The van der Waals surface area contributed by atoms with Gasteiger partial charge in [0, 0.05) is 18.3 Å². The molecule has 0 amide bonds. The lowest BCUT2D eigenvalue weighted by molar-refractivity contribution is 0.398. The van der Waals surface area contributed by atoms with Gasteiger partial charge in [0.15, 0.2) is 5.82 Å². The largest absolute Gasteiger partial charge is 0.481 e. The van der Waals surface area contributed by atoms with E-state index in [0.717, 1.165) is 25.2 Å². The van der Waals surface area contributed by atoms with Gasteiger partial charge < -0.3 is 15.4 Å². The van der Waals surface area contributed by atoms with Gasteiger partial charge in [-0.2, -0.15) is 4.98 Å². The van der Waals surface area contributed by atoms with Crippen LogP contribution in [0, 0.1) is 6.92 Å². The highest BCUT2D eigenvalue weighted by molar-refractivity contribution is 5.74. The maximum atomic E-state index is 6.10. The summed E-state index contributed by atoms with van der Waals surface area (Å²) in [6.45, 7) is 3.05. The normalized spacial score (nSPS) is 14.0. The van der Waals surface area contributed by atoms with Gasteiger partial charge in [0.25, 0.3) is 0 Å². The van der Waals surface area contributed by atoms with Crippen molar-refractivity contribution >= 4 is 17.2 Å². The van der Waals surface area contributed by atoms with Gasteiger partial charge in [-0.05, 0) is 37.5 Å². The summed E-state index contributed by atoms with van der Waals surface area (Å²) in [5.74, 6) is 1.38. The first-order valence-corrected chi connectivity index (χ1v) is 6.86. The standard InChI is InChI=1S/C16H19N3O/c1-11-5-7-14-12(10-11)4-3-9-19(14)16-13(17)6-8-15(18-16)20-2/h5-8,10H,3-4,9,17H2,1-2H3. The maximum absolute atomic E-state index is 6.10. The van der Waals surface area contributed by atoms with Crippen LogP contribution in [0.5, 0.6) is 5.88 Å². The summed E-state index contributed by atoms with van der Waals surface area (Å²) in [6.07, 6.45) is 2.21. The third-order valence-electron chi connectivity index (χ3n) is 3.70. The fraction of sp³-hybridized carbons (Fsp3) is 0.312. The number of aryl methyl sites for hydroxylation is 2. The Balaban J connectivity index is 2.08. The Morgan fingerprint density at radius 3 is 2.90 bits per heavy atom. The molecule has 0 unspecified atom stereocenters. The van der Waals surface area contributed by atoms with Crippen LogP contribution in [0.25, 0.3) is 0 Å². The molecule has 1 aliphatic rings. The Kier molecular flexibility index (Phi) is 3.22. The zero-order valence-electron chi connectivity index (χ0n) is 11.9. The summed E-state index contributed by atoms with van der Waals surface area (Å²) in [7, 11) is 1.62. The molecule has 0 saturated carbocycles. The van der Waals surface area contributed by atoms with Crippen molar-refractivity contribution in [3.8, 4) is 5.88 Å². The van der Waals surface area contributed by atoms with Crippen molar-refractivity contribution in [1.29, 1.82) is 0 Å².